The molecule has 1 aromatic heterocycles. The predicted molar refractivity (Wildman–Crippen MR) is 101 cm³/mol. The number of carbonyl (C=O) groups excluding carboxylic acids is 1. The van der Waals surface area contributed by atoms with E-state index < -0.39 is 0 Å². The van der Waals surface area contributed by atoms with Crippen molar-refractivity contribution in [2.24, 2.45) is 0 Å². The third-order valence-corrected chi connectivity index (χ3v) is 4.38. The van der Waals surface area contributed by atoms with Crippen molar-refractivity contribution in [3.8, 4) is 0 Å². The normalized spacial score (nSPS) is 16.4. The molecule has 1 amide bonds. The SMILES string of the molecule is Cc1nc(NCC2CCCO2)cc(C(=O)NCCCc2ccccc2)n1. The van der Waals surface area contributed by atoms with E-state index in [-0.39, 0.29) is 12.0 Å². The predicted octanol–water partition coefficient (Wildman–Crippen LogP) is 2.74. The highest BCUT2D eigenvalue weighted by atomic mass is 16.5. The molecule has 1 aromatic carbocycles. The monoisotopic (exact) mass is 354 g/mol. The summed E-state index contributed by atoms with van der Waals surface area (Å²) < 4.78 is 5.60. The second-order valence-electron chi connectivity index (χ2n) is 6.55. The third kappa shape index (κ3) is 5.52. The van der Waals surface area contributed by atoms with E-state index in [4.69, 9.17) is 4.74 Å². The minimum Gasteiger partial charge on any atom is -0.376 e. The highest BCUT2D eigenvalue weighted by molar-refractivity contribution is 5.92. The molecule has 2 heterocycles. The van der Waals surface area contributed by atoms with E-state index in [9.17, 15) is 4.79 Å². The molecule has 0 bridgehead atoms. The van der Waals surface area contributed by atoms with Gasteiger partial charge in [-0.25, -0.2) is 9.97 Å². The van der Waals surface area contributed by atoms with E-state index in [1.165, 1.54) is 5.56 Å². The van der Waals surface area contributed by atoms with Crippen molar-refractivity contribution < 1.29 is 9.53 Å². The molecule has 1 aliphatic rings. The highest BCUT2D eigenvalue weighted by Gasteiger charge is 2.16. The van der Waals surface area contributed by atoms with Gasteiger partial charge < -0.3 is 15.4 Å². The summed E-state index contributed by atoms with van der Waals surface area (Å²) in [6.07, 6.45) is 4.22. The topological polar surface area (TPSA) is 76.1 Å². The van der Waals surface area contributed by atoms with Crippen molar-refractivity contribution in [2.75, 3.05) is 25.0 Å². The Morgan fingerprint density at radius 3 is 2.88 bits per heavy atom. The number of nitrogens with zero attached hydrogens (tertiary/aromatic N) is 2. The Labute approximate surface area is 154 Å². The van der Waals surface area contributed by atoms with Gasteiger partial charge in [-0.05, 0) is 38.2 Å². The minimum atomic E-state index is -0.163. The number of anilines is 1. The fraction of sp³-hybridized carbons (Fsp3) is 0.450. The van der Waals surface area contributed by atoms with Gasteiger partial charge in [0.25, 0.3) is 5.91 Å². The average molecular weight is 354 g/mol. The number of hydrogen-bond donors (Lipinski definition) is 2. The molecule has 0 saturated carbocycles. The van der Waals surface area contributed by atoms with Gasteiger partial charge in [0.05, 0.1) is 6.10 Å². The van der Waals surface area contributed by atoms with Gasteiger partial charge >= 0.3 is 0 Å². The Morgan fingerprint density at radius 1 is 1.27 bits per heavy atom. The van der Waals surface area contributed by atoms with Gasteiger partial charge in [0.1, 0.15) is 17.3 Å². The van der Waals surface area contributed by atoms with E-state index >= 15 is 0 Å². The van der Waals surface area contributed by atoms with Gasteiger partial charge in [0.2, 0.25) is 0 Å². The first-order valence-corrected chi connectivity index (χ1v) is 9.24. The lowest BCUT2D eigenvalue weighted by atomic mass is 10.1. The summed E-state index contributed by atoms with van der Waals surface area (Å²) in [5, 5.41) is 6.19. The largest absolute Gasteiger partial charge is 0.376 e. The maximum absolute atomic E-state index is 12.4. The summed E-state index contributed by atoms with van der Waals surface area (Å²) in [5.74, 6) is 1.09. The maximum Gasteiger partial charge on any atom is 0.270 e. The number of amides is 1. The molecule has 2 N–H and O–H groups in total. The lowest BCUT2D eigenvalue weighted by Gasteiger charge is -2.12. The number of benzene rings is 1. The zero-order chi connectivity index (χ0) is 18.2. The molecular weight excluding hydrogens is 328 g/mol. The van der Waals surface area contributed by atoms with Crippen molar-refractivity contribution in [3.63, 3.8) is 0 Å². The molecular formula is C20H26N4O2. The summed E-state index contributed by atoms with van der Waals surface area (Å²) in [7, 11) is 0. The fourth-order valence-electron chi connectivity index (χ4n) is 3.03. The van der Waals surface area contributed by atoms with Crippen LogP contribution in [-0.2, 0) is 11.2 Å². The molecule has 0 radical (unpaired) electrons. The summed E-state index contributed by atoms with van der Waals surface area (Å²) >= 11 is 0. The van der Waals surface area contributed by atoms with E-state index in [0.29, 0.717) is 30.4 Å². The number of aromatic nitrogens is 2. The van der Waals surface area contributed by atoms with Crippen LogP contribution in [0.2, 0.25) is 0 Å². The Hall–Kier alpha value is -2.47. The first-order chi connectivity index (χ1) is 12.7. The zero-order valence-electron chi connectivity index (χ0n) is 15.2. The molecule has 138 valence electrons. The van der Waals surface area contributed by atoms with Gasteiger partial charge in [0.15, 0.2) is 0 Å². The van der Waals surface area contributed by atoms with Gasteiger partial charge in [-0.15, -0.1) is 0 Å². The molecule has 1 fully saturated rings. The van der Waals surface area contributed by atoms with Crippen LogP contribution in [0.15, 0.2) is 36.4 Å². The zero-order valence-corrected chi connectivity index (χ0v) is 15.2. The van der Waals surface area contributed by atoms with Crippen LogP contribution in [0.25, 0.3) is 0 Å². The molecule has 2 aromatic rings. The number of nitrogens with one attached hydrogen (secondary N) is 2. The maximum atomic E-state index is 12.4. The molecule has 6 nitrogen and oxygen atoms in total. The van der Waals surface area contributed by atoms with Gasteiger partial charge in [0, 0.05) is 25.8 Å². The molecule has 1 unspecified atom stereocenters. The molecule has 6 heteroatoms. The van der Waals surface area contributed by atoms with Crippen LogP contribution in [0.5, 0.6) is 0 Å². The summed E-state index contributed by atoms with van der Waals surface area (Å²) in [4.78, 5) is 21.0. The quantitative estimate of drug-likeness (QED) is 0.713. The van der Waals surface area contributed by atoms with E-state index in [1.54, 1.807) is 13.0 Å². The molecule has 26 heavy (non-hydrogen) atoms. The Bertz CT molecular complexity index is 715. The molecule has 0 spiro atoms. The summed E-state index contributed by atoms with van der Waals surface area (Å²) in [6.45, 7) is 3.94. The van der Waals surface area contributed by atoms with Crippen molar-refractivity contribution in [1.29, 1.82) is 0 Å². The van der Waals surface area contributed by atoms with Crippen LogP contribution in [0.3, 0.4) is 0 Å². The lowest BCUT2D eigenvalue weighted by molar-refractivity contribution is 0.0948. The third-order valence-electron chi connectivity index (χ3n) is 4.38. The molecule has 3 rings (SSSR count). The number of carbonyl (C=O) groups is 1. The van der Waals surface area contributed by atoms with E-state index in [1.807, 2.05) is 18.2 Å². The van der Waals surface area contributed by atoms with E-state index in [2.05, 4.69) is 32.7 Å². The van der Waals surface area contributed by atoms with Crippen molar-refractivity contribution >= 4 is 11.7 Å². The van der Waals surface area contributed by atoms with Crippen LogP contribution in [0.1, 0.15) is 41.1 Å². The first kappa shape index (κ1) is 18.3. The first-order valence-electron chi connectivity index (χ1n) is 9.24. The van der Waals surface area contributed by atoms with Gasteiger partial charge in [-0.3, -0.25) is 4.79 Å². The Morgan fingerprint density at radius 2 is 2.12 bits per heavy atom. The lowest BCUT2D eigenvalue weighted by Crippen LogP contribution is -2.26. The smallest absolute Gasteiger partial charge is 0.270 e. The number of hydrogen-bond acceptors (Lipinski definition) is 5. The molecule has 0 aliphatic carbocycles. The van der Waals surface area contributed by atoms with Gasteiger partial charge in [-0.1, -0.05) is 30.3 Å². The van der Waals surface area contributed by atoms with E-state index in [0.717, 1.165) is 32.3 Å². The second-order valence-corrected chi connectivity index (χ2v) is 6.55. The summed E-state index contributed by atoms with van der Waals surface area (Å²) in [5.41, 5.74) is 1.67. The Balaban J connectivity index is 1.48. The second kappa shape index (κ2) is 9.29. The van der Waals surface area contributed by atoms with Crippen molar-refractivity contribution in [2.45, 2.75) is 38.7 Å². The van der Waals surface area contributed by atoms with Crippen LogP contribution in [-0.4, -0.2) is 41.7 Å². The van der Waals surface area contributed by atoms with Crippen LogP contribution >= 0.6 is 0 Å². The fourth-order valence-corrected chi connectivity index (χ4v) is 3.03. The number of aryl methyl sites for hydroxylation is 2. The number of ether oxygens (including phenoxy) is 1. The highest BCUT2D eigenvalue weighted by Crippen LogP contribution is 2.13. The number of rotatable bonds is 8. The average Bonchev–Trinajstić information content (AvgIpc) is 3.17. The van der Waals surface area contributed by atoms with Crippen molar-refractivity contribution in [1.82, 2.24) is 15.3 Å². The standard InChI is InChI=1S/C20H26N4O2/c1-15-23-18(13-19(24-15)22-14-17-10-6-12-26-17)20(25)21-11-5-9-16-7-3-2-4-8-16/h2-4,7-8,13,17H,5-6,9-12,14H2,1H3,(H,21,25)(H,22,23,24). The van der Waals surface area contributed by atoms with Crippen molar-refractivity contribution in [3.05, 3.63) is 53.5 Å². The molecule has 1 atom stereocenters. The Kier molecular flexibility index (Phi) is 6.55. The summed E-state index contributed by atoms with van der Waals surface area (Å²) in [6, 6.07) is 12.0. The molecule has 1 aliphatic heterocycles. The van der Waals surface area contributed by atoms with Crippen LogP contribution < -0.4 is 10.6 Å². The van der Waals surface area contributed by atoms with Gasteiger partial charge in [-0.2, -0.15) is 0 Å². The molecule has 1 saturated heterocycles. The van der Waals surface area contributed by atoms with Crippen LogP contribution in [0, 0.1) is 6.92 Å². The minimum absolute atomic E-state index is 0.163. The van der Waals surface area contributed by atoms with Crippen LogP contribution in [0.4, 0.5) is 5.82 Å².